The van der Waals surface area contributed by atoms with Crippen LogP contribution < -0.4 is 4.90 Å². The van der Waals surface area contributed by atoms with E-state index in [1.807, 2.05) is 6.92 Å². The third kappa shape index (κ3) is 4.55. The summed E-state index contributed by atoms with van der Waals surface area (Å²) in [6.07, 6.45) is -2.20. The smallest absolute Gasteiger partial charge is 0.312 e. The van der Waals surface area contributed by atoms with Gasteiger partial charge in [0, 0.05) is 12.1 Å². The number of halogens is 4. The average molecular weight is 409 g/mol. The molecule has 0 aliphatic carbocycles. The lowest BCUT2D eigenvalue weighted by atomic mass is 10.1. The molecule has 9 heteroatoms. The SMILES string of the molecule is CCC[C@H]1CN(c2ccc(C(F)(F)F)nc2)C(=O)N1CC(=O)c1cccc(F)c1. The molecular weight excluding hydrogens is 390 g/mol. The highest BCUT2D eigenvalue weighted by Crippen LogP contribution is 2.30. The molecule has 0 bridgehead atoms. The molecule has 0 unspecified atom stereocenters. The fourth-order valence-electron chi connectivity index (χ4n) is 3.31. The zero-order valence-corrected chi connectivity index (χ0v) is 15.6. The molecule has 5 nitrogen and oxygen atoms in total. The van der Waals surface area contributed by atoms with Gasteiger partial charge >= 0.3 is 12.2 Å². The van der Waals surface area contributed by atoms with Gasteiger partial charge in [-0.15, -0.1) is 0 Å². The van der Waals surface area contributed by atoms with E-state index in [-0.39, 0.29) is 30.4 Å². The zero-order valence-electron chi connectivity index (χ0n) is 15.6. The minimum atomic E-state index is -4.57. The van der Waals surface area contributed by atoms with Gasteiger partial charge in [-0.1, -0.05) is 25.5 Å². The highest BCUT2D eigenvalue weighted by Gasteiger charge is 2.39. The number of Topliss-reactive ketones (excluding diaryl/α,β-unsaturated/α-hetero) is 1. The third-order valence-electron chi connectivity index (χ3n) is 4.74. The first-order valence-corrected chi connectivity index (χ1v) is 9.11. The molecule has 1 aliphatic rings. The highest BCUT2D eigenvalue weighted by atomic mass is 19.4. The number of carbonyl (C=O) groups excluding carboxylic acids is 2. The van der Waals surface area contributed by atoms with Gasteiger partial charge in [0.15, 0.2) is 5.78 Å². The number of pyridine rings is 1. The van der Waals surface area contributed by atoms with Gasteiger partial charge in [-0.25, -0.2) is 14.2 Å². The van der Waals surface area contributed by atoms with E-state index >= 15 is 0 Å². The summed E-state index contributed by atoms with van der Waals surface area (Å²) in [5, 5.41) is 0. The maximum absolute atomic E-state index is 13.4. The van der Waals surface area contributed by atoms with Crippen LogP contribution in [0.5, 0.6) is 0 Å². The van der Waals surface area contributed by atoms with E-state index in [1.54, 1.807) is 0 Å². The summed E-state index contributed by atoms with van der Waals surface area (Å²) in [4.78, 5) is 31.5. The van der Waals surface area contributed by atoms with E-state index in [1.165, 1.54) is 34.1 Å². The van der Waals surface area contributed by atoms with Crippen molar-refractivity contribution < 1.29 is 27.2 Å². The van der Waals surface area contributed by atoms with Crippen molar-refractivity contribution in [2.24, 2.45) is 0 Å². The van der Waals surface area contributed by atoms with Crippen molar-refractivity contribution >= 4 is 17.5 Å². The molecule has 0 radical (unpaired) electrons. The molecule has 2 aromatic rings. The first kappa shape index (κ1) is 20.8. The second kappa shape index (κ2) is 8.18. The summed E-state index contributed by atoms with van der Waals surface area (Å²) in [5.74, 6) is -0.961. The van der Waals surface area contributed by atoms with Crippen LogP contribution in [-0.4, -0.2) is 40.8 Å². The van der Waals surface area contributed by atoms with Gasteiger partial charge in [-0.2, -0.15) is 13.2 Å². The molecule has 1 aliphatic heterocycles. The number of anilines is 1. The van der Waals surface area contributed by atoms with Crippen molar-refractivity contribution in [3.05, 3.63) is 59.7 Å². The fraction of sp³-hybridized carbons (Fsp3) is 0.350. The van der Waals surface area contributed by atoms with Crippen molar-refractivity contribution in [2.75, 3.05) is 18.0 Å². The second-order valence-corrected chi connectivity index (χ2v) is 6.80. The molecule has 1 aromatic carbocycles. The Morgan fingerprint density at radius 1 is 1.24 bits per heavy atom. The summed E-state index contributed by atoms with van der Waals surface area (Å²) in [7, 11) is 0. The van der Waals surface area contributed by atoms with Crippen LogP contribution in [-0.2, 0) is 6.18 Å². The fourth-order valence-corrected chi connectivity index (χ4v) is 3.31. The molecule has 0 spiro atoms. The van der Waals surface area contributed by atoms with Gasteiger partial charge in [-0.3, -0.25) is 9.69 Å². The van der Waals surface area contributed by atoms with Crippen LogP contribution in [0.4, 0.5) is 28.0 Å². The van der Waals surface area contributed by atoms with Gasteiger partial charge < -0.3 is 4.90 Å². The lowest BCUT2D eigenvalue weighted by Crippen LogP contribution is -2.39. The number of benzene rings is 1. The Balaban J connectivity index is 1.80. The van der Waals surface area contributed by atoms with Crippen LogP contribution in [0.1, 0.15) is 35.8 Å². The van der Waals surface area contributed by atoms with Crippen LogP contribution >= 0.6 is 0 Å². The number of hydrogen-bond acceptors (Lipinski definition) is 3. The lowest BCUT2D eigenvalue weighted by Gasteiger charge is -2.22. The highest BCUT2D eigenvalue weighted by molar-refractivity contribution is 6.02. The van der Waals surface area contributed by atoms with E-state index in [0.717, 1.165) is 24.8 Å². The standard InChI is InChI=1S/C20H19F4N3O2/c1-2-4-16-11-26(15-7-8-18(25-10-15)20(22,23)24)19(29)27(16)12-17(28)13-5-3-6-14(21)9-13/h3,5-10,16H,2,4,11-12H2,1H3/t16-/m0/s1. The van der Waals surface area contributed by atoms with E-state index < -0.39 is 29.5 Å². The lowest BCUT2D eigenvalue weighted by molar-refractivity contribution is -0.141. The maximum Gasteiger partial charge on any atom is 0.433 e. The van der Waals surface area contributed by atoms with E-state index in [0.29, 0.717) is 6.42 Å². The Bertz CT molecular complexity index is 899. The number of amides is 2. The monoisotopic (exact) mass is 409 g/mol. The predicted molar refractivity (Wildman–Crippen MR) is 98.1 cm³/mol. The minimum absolute atomic E-state index is 0.155. The molecule has 1 aromatic heterocycles. The average Bonchev–Trinajstić information content (AvgIpc) is 2.97. The van der Waals surface area contributed by atoms with E-state index in [9.17, 15) is 27.2 Å². The van der Waals surface area contributed by atoms with Crippen LogP contribution in [0.25, 0.3) is 0 Å². The third-order valence-corrected chi connectivity index (χ3v) is 4.74. The Hall–Kier alpha value is -2.97. The summed E-state index contributed by atoms with van der Waals surface area (Å²) < 4.78 is 51.5. The van der Waals surface area contributed by atoms with E-state index in [4.69, 9.17) is 0 Å². The van der Waals surface area contributed by atoms with Crippen LogP contribution in [0.2, 0.25) is 0 Å². The number of carbonyl (C=O) groups is 2. The molecule has 1 saturated heterocycles. The quantitative estimate of drug-likeness (QED) is 0.520. The summed E-state index contributed by atoms with van der Waals surface area (Å²) >= 11 is 0. The number of urea groups is 1. The molecule has 29 heavy (non-hydrogen) atoms. The van der Waals surface area contributed by atoms with Crippen molar-refractivity contribution in [1.82, 2.24) is 9.88 Å². The summed E-state index contributed by atoms with van der Waals surface area (Å²) in [6, 6.07) is 6.44. The molecule has 2 heterocycles. The Morgan fingerprint density at radius 3 is 2.59 bits per heavy atom. The molecule has 0 saturated carbocycles. The van der Waals surface area contributed by atoms with Crippen molar-refractivity contribution in [3.8, 4) is 0 Å². The number of aromatic nitrogens is 1. The van der Waals surface area contributed by atoms with Crippen molar-refractivity contribution in [3.63, 3.8) is 0 Å². The molecule has 1 atom stereocenters. The Labute approximate surface area is 164 Å². The van der Waals surface area contributed by atoms with Gasteiger partial charge in [0.25, 0.3) is 0 Å². The number of hydrogen-bond donors (Lipinski definition) is 0. The topological polar surface area (TPSA) is 53.5 Å². The normalized spacial score (nSPS) is 17.1. The Kier molecular flexibility index (Phi) is 5.86. The number of ketones is 1. The minimum Gasteiger partial charge on any atom is -0.312 e. The molecule has 1 fully saturated rings. The molecular formula is C20H19F4N3O2. The summed E-state index contributed by atoms with van der Waals surface area (Å²) in [5.41, 5.74) is -0.663. The molecule has 154 valence electrons. The van der Waals surface area contributed by atoms with Gasteiger partial charge in [0.2, 0.25) is 0 Å². The summed E-state index contributed by atoms with van der Waals surface area (Å²) in [6.45, 7) is 1.92. The van der Waals surface area contributed by atoms with Gasteiger partial charge in [0.05, 0.1) is 24.5 Å². The van der Waals surface area contributed by atoms with Crippen LogP contribution in [0.3, 0.4) is 0 Å². The van der Waals surface area contributed by atoms with E-state index in [2.05, 4.69) is 4.98 Å². The second-order valence-electron chi connectivity index (χ2n) is 6.80. The van der Waals surface area contributed by atoms with Crippen molar-refractivity contribution in [1.29, 1.82) is 0 Å². The van der Waals surface area contributed by atoms with Crippen LogP contribution in [0.15, 0.2) is 42.6 Å². The molecule has 0 N–H and O–H groups in total. The van der Waals surface area contributed by atoms with Crippen LogP contribution in [0, 0.1) is 5.82 Å². The number of rotatable bonds is 6. The largest absolute Gasteiger partial charge is 0.433 e. The number of alkyl halides is 3. The first-order valence-electron chi connectivity index (χ1n) is 9.11. The predicted octanol–water partition coefficient (Wildman–Crippen LogP) is 4.53. The first-order chi connectivity index (χ1) is 13.7. The maximum atomic E-state index is 13.4. The van der Waals surface area contributed by atoms with Gasteiger partial charge in [-0.05, 0) is 30.7 Å². The zero-order chi connectivity index (χ0) is 21.2. The van der Waals surface area contributed by atoms with Crippen molar-refractivity contribution in [2.45, 2.75) is 32.0 Å². The number of nitrogens with zero attached hydrogens (tertiary/aromatic N) is 3. The van der Waals surface area contributed by atoms with Gasteiger partial charge in [0.1, 0.15) is 11.5 Å². The molecule has 3 rings (SSSR count). The molecule has 2 amide bonds. The Morgan fingerprint density at radius 2 is 2.00 bits per heavy atom.